The first-order valence-corrected chi connectivity index (χ1v) is 15.4. The number of rotatable bonds is 7. The lowest BCUT2D eigenvalue weighted by atomic mass is 9.80. The minimum atomic E-state index is -0.629. The SMILES string of the molecule is C[C@H](c1ccc(Cl)cc1Cl)n1nnc2c(C3CC3)nc(N3CC([C@H]4CCCN([C@@H]5CC[C@H](C(=O)O)C5)C4)C3)nc21. The third-order valence-corrected chi connectivity index (χ3v) is 10.3. The van der Waals surface area contributed by atoms with Gasteiger partial charge >= 0.3 is 5.97 Å². The summed E-state index contributed by atoms with van der Waals surface area (Å²) < 4.78 is 1.86. The van der Waals surface area contributed by atoms with E-state index in [0.29, 0.717) is 33.8 Å². The van der Waals surface area contributed by atoms with Gasteiger partial charge in [0.15, 0.2) is 11.2 Å². The standard InChI is InChI=1S/C29H35Cl2N7O2/c1-16(23-9-7-21(30)12-24(23)31)38-27-26(34-35-38)25(17-4-5-17)32-29(33-27)37-14-20(15-37)19-3-2-10-36(13-19)22-8-6-18(11-22)28(39)40/h7,9,12,16-20,22H,2-6,8,10-11,13-15H2,1H3,(H,39,40)/t16-,18+,19+,22-/m1/s1. The number of carbonyl (C=O) groups is 1. The number of carboxylic acid groups (broad SMARTS) is 1. The Morgan fingerprint density at radius 2 is 1.88 bits per heavy atom. The van der Waals surface area contributed by atoms with Crippen LogP contribution in [-0.4, -0.2) is 73.2 Å². The number of hydrogen-bond donors (Lipinski definition) is 1. The number of aliphatic carboxylic acids is 1. The molecule has 0 amide bonds. The van der Waals surface area contributed by atoms with E-state index in [2.05, 4.69) is 27.0 Å². The van der Waals surface area contributed by atoms with Crippen LogP contribution in [0.3, 0.4) is 0 Å². The van der Waals surface area contributed by atoms with E-state index in [-0.39, 0.29) is 12.0 Å². The number of piperidine rings is 1. The van der Waals surface area contributed by atoms with Gasteiger partial charge < -0.3 is 14.9 Å². The summed E-state index contributed by atoms with van der Waals surface area (Å²) in [6.07, 6.45) is 7.32. The summed E-state index contributed by atoms with van der Waals surface area (Å²) >= 11 is 12.7. The molecule has 4 fully saturated rings. The number of likely N-dealkylation sites (tertiary alicyclic amines) is 1. The molecular weight excluding hydrogens is 549 g/mol. The van der Waals surface area contributed by atoms with Crippen molar-refractivity contribution in [2.45, 2.75) is 69.9 Å². The Morgan fingerprint density at radius 3 is 2.60 bits per heavy atom. The summed E-state index contributed by atoms with van der Waals surface area (Å²) in [5, 5.41) is 19.7. The van der Waals surface area contributed by atoms with E-state index in [1.165, 1.54) is 12.8 Å². The van der Waals surface area contributed by atoms with Gasteiger partial charge in [0.05, 0.1) is 17.7 Å². The van der Waals surface area contributed by atoms with Crippen molar-refractivity contribution in [2.75, 3.05) is 31.1 Å². The van der Waals surface area contributed by atoms with Crippen LogP contribution in [0.4, 0.5) is 5.95 Å². The summed E-state index contributed by atoms with van der Waals surface area (Å²) in [7, 11) is 0. The molecule has 1 aromatic carbocycles. The average molecular weight is 585 g/mol. The molecule has 4 atom stereocenters. The van der Waals surface area contributed by atoms with Crippen molar-refractivity contribution in [3.63, 3.8) is 0 Å². The summed E-state index contributed by atoms with van der Waals surface area (Å²) in [5.41, 5.74) is 3.49. The van der Waals surface area contributed by atoms with Crippen LogP contribution >= 0.6 is 23.2 Å². The van der Waals surface area contributed by atoms with Crippen LogP contribution in [0.5, 0.6) is 0 Å². The molecule has 7 rings (SSSR count). The molecule has 4 heterocycles. The highest BCUT2D eigenvalue weighted by Gasteiger charge is 2.41. The molecule has 2 saturated heterocycles. The predicted molar refractivity (Wildman–Crippen MR) is 154 cm³/mol. The third kappa shape index (κ3) is 4.84. The van der Waals surface area contributed by atoms with Crippen LogP contribution in [0.1, 0.15) is 75.1 Å². The fraction of sp³-hybridized carbons (Fsp3) is 0.621. The molecule has 4 aliphatic rings. The normalized spacial score (nSPS) is 26.8. The van der Waals surface area contributed by atoms with Gasteiger partial charge in [-0.15, -0.1) is 5.10 Å². The lowest BCUT2D eigenvalue weighted by molar-refractivity contribution is -0.141. The molecule has 40 heavy (non-hydrogen) atoms. The number of aromatic nitrogens is 5. The number of benzene rings is 1. The summed E-state index contributed by atoms with van der Waals surface area (Å²) in [6, 6.07) is 5.81. The highest BCUT2D eigenvalue weighted by atomic mass is 35.5. The van der Waals surface area contributed by atoms with Gasteiger partial charge in [-0.25, -0.2) is 9.67 Å². The molecule has 11 heteroatoms. The number of nitrogens with zero attached hydrogens (tertiary/aromatic N) is 7. The minimum absolute atomic E-state index is 0.154. The van der Waals surface area contributed by atoms with Crippen molar-refractivity contribution in [2.24, 2.45) is 17.8 Å². The second-order valence-electron chi connectivity index (χ2n) is 12.3. The highest BCUT2D eigenvalue weighted by Crippen LogP contribution is 2.43. The highest BCUT2D eigenvalue weighted by molar-refractivity contribution is 6.35. The second kappa shape index (κ2) is 10.4. The molecular formula is C29H35Cl2N7O2. The Hall–Kier alpha value is -2.49. The van der Waals surface area contributed by atoms with Crippen molar-refractivity contribution < 1.29 is 9.90 Å². The van der Waals surface area contributed by atoms with Crippen molar-refractivity contribution in [3.05, 3.63) is 39.5 Å². The molecule has 0 spiro atoms. The van der Waals surface area contributed by atoms with Gasteiger partial charge in [0.1, 0.15) is 0 Å². The van der Waals surface area contributed by atoms with Crippen LogP contribution in [0.25, 0.3) is 11.2 Å². The Labute approximate surface area is 243 Å². The first-order valence-electron chi connectivity index (χ1n) is 14.6. The van der Waals surface area contributed by atoms with Crippen molar-refractivity contribution >= 4 is 46.3 Å². The molecule has 2 aromatic heterocycles. The molecule has 0 bridgehead atoms. The molecule has 9 nitrogen and oxygen atoms in total. The van der Waals surface area contributed by atoms with E-state index >= 15 is 0 Å². The Bertz CT molecular complexity index is 1440. The quantitative estimate of drug-likeness (QED) is 0.393. The molecule has 2 aliphatic heterocycles. The zero-order chi connectivity index (χ0) is 27.5. The number of anilines is 1. The molecule has 2 aliphatic carbocycles. The molecule has 0 unspecified atom stereocenters. The molecule has 2 saturated carbocycles. The predicted octanol–water partition coefficient (Wildman–Crippen LogP) is 5.42. The number of halogens is 2. The van der Waals surface area contributed by atoms with Gasteiger partial charge in [-0.05, 0) is 87.9 Å². The second-order valence-corrected chi connectivity index (χ2v) is 13.1. The number of hydrogen-bond acceptors (Lipinski definition) is 7. The maximum atomic E-state index is 11.5. The van der Waals surface area contributed by atoms with Crippen LogP contribution in [0.2, 0.25) is 10.0 Å². The van der Waals surface area contributed by atoms with Crippen molar-refractivity contribution in [1.82, 2.24) is 29.9 Å². The fourth-order valence-electron chi connectivity index (χ4n) is 7.10. The van der Waals surface area contributed by atoms with Gasteiger partial charge in [0, 0.05) is 41.6 Å². The first-order chi connectivity index (χ1) is 19.4. The van der Waals surface area contributed by atoms with E-state index in [1.807, 2.05) is 16.8 Å². The maximum absolute atomic E-state index is 11.5. The molecule has 0 radical (unpaired) electrons. The average Bonchev–Trinajstić information content (AvgIpc) is 3.46. The summed E-state index contributed by atoms with van der Waals surface area (Å²) in [6.45, 7) is 6.15. The monoisotopic (exact) mass is 583 g/mol. The van der Waals surface area contributed by atoms with Crippen molar-refractivity contribution in [1.29, 1.82) is 0 Å². The Kier molecular flexibility index (Phi) is 6.87. The van der Waals surface area contributed by atoms with E-state index in [4.69, 9.17) is 33.2 Å². The topological polar surface area (TPSA) is 100 Å². The van der Waals surface area contributed by atoms with E-state index < -0.39 is 5.97 Å². The Balaban J connectivity index is 1.09. The van der Waals surface area contributed by atoms with Crippen LogP contribution in [0, 0.1) is 17.8 Å². The van der Waals surface area contributed by atoms with Gasteiger partial charge in [0.2, 0.25) is 5.95 Å². The van der Waals surface area contributed by atoms with Crippen LogP contribution < -0.4 is 4.90 Å². The minimum Gasteiger partial charge on any atom is -0.481 e. The van der Waals surface area contributed by atoms with Gasteiger partial charge in [-0.2, -0.15) is 4.98 Å². The number of fused-ring (bicyclic) bond motifs is 1. The van der Waals surface area contributed by atoms with Gasteiger partial charge in [0.25, 0.3) is 0 Å². The zero-order valence-electron chi connectivity index (χ0n) is 22.7. The smallest absolute Gasteiger partial charge is 0.306 e. The lowest BCUT2D eigenvalue weighted by Crippen LogP contribution is -2.55. The molecule has 212 valence electrons. The first kappa shape index (κ1) is 26.4. The van der Waals surface area contributed by atoms with Crippen LogP contribution in [0.15, 0.2) is 18.2 Å². The fourth-order valence-corrected chi connectivity index (χ4v) is 7.67. The zero-order valence-corrected chi connectivity index (χ0v) is 24.2. The van der Waals surface area contributed by atoms with Crippen LogP contribution in [-0.2, 0) is 4.79 Å². The molecule has 1 N–H and O–H groups in total. The lowest BCUT2D eigenvalue weighted by Gasteiger charge is -2.47. The molecule has 3 aromatic rings. The Morgan fingerprint density at radius 1 is 1.05 bits per heavy atom. The largest absolute Gasteiger partial charge is 0.481 e. The van der Waals surface area contributed by atoms with Crippen molar-refractivity contribution in [3.8, 4) is 0 Å². The van der Waals surface area contributed by atoms with E-state index in [1.54, 1.807) is 6.07 Å². The summed E-state index contributed by atoms with van der Waals surface area (Å²) in [4.78, 5) is 26.4. The maximum Gasteiger partial charge on any atom is 0.306 e. The number of carboxylic acids is 1. The third-order valence-electron chi connectivity index (χ3n) is 9.70. The van der Waals surface area contributed by atoms with E-state index in [0.717, 1.165) is 86.7 Å². The summed E-state index contributed by atoms with van der Waals surface area (Å²) in [5.74, 6) is 1.65. The van der Waals surface area contributed by atoms with Gasteiger partial charge in [-0.3, -0.25) is 4.79 Å². The van der Waals surface area contributed by atoms with E-state index in [9.17, 15) is 9.90 Å². The van der Waals surface area contributed by atoms with Gasteiger partial charge in [-0.1, -0.05) is 34.5 Å².